The molecule has 0 aliphatic rings. The van der Waals surface area contributed by atoms with Crippen LogP contribution in [0, 0.1) is 5.82 Å². The highest BCUT2D eigenvalue weighted by molar-refractivity contribution is 7.92. The summed E-state index contributed by atoms with van der Waals surface area (Å²) in [6.07, 6.45) is 0.119. The van der Waals surface area contributed by atoms with Crippen LogP contribution >= 0.6 is 11.6 Å². The van der Waals surface area contributed by atoms with Crippen LogP contribution in [0.4, 0.5) is 10.1 Å². The third kappa shape index (κ3) is 7.94. The van der Waals surface area contributed by atoms with Crippen LogP contribution in [-0.4, -0.2) is 51.4 Å². The second kappa shape index (κ2) is 14.9. The van der Waals surface area contributed by atoms with Gasteiger partial charge in [0.2, 0.25) is 11.8 Å². The number of ether oxygens (including phenoxy) is 1. The van der Waals surface area contributed by atoms with Gasteiger partial charge in [0.1, 0.15) is 24.2 Å². The van der Waals surface area contributed by atoms with Crippen molar-refractivity contribution in [2.75, 3.05) is 24.5 Å². The maximum Gasteiger partial charge on any atom is 0.264 e. The number of rotatable bonds is 13. The van der Waals surface area contributed by atoms with Crippen LogP contribution in [0.15, 0.2) is 108 Å². The lowest BCUT2D eigenvalue weighted by Gasteiger charge is -2.33. The maximum atomic E-state index is 14.9. The number of sulfonamides is 1. The summed E-state index contributed by atoms with van der Waals surface area (Å²) in [6, 6.07) is 25.8. The van der Waals surface area contributed by atoms with Gasteiger partial charge in [-0.05, 0) is 67.1 Å². The Morgan fingerprint density at radius 3 is 2.16 bits per heavy atom. The van der Waals surface area contributed by atoms with E-state index < -0.39 is 40.2 Å². The molecule has 0 saturated heterocycles. The predicted molar refractivity (Wildman–Crippen MR) is 169 cm³/mol. The molecule has 4 aromatic rings. The Bertz CT molecular complexity index is 1670. The van der Waals surface area contributed by atoms with Gasteiger partial charge in [-0.2, -0.15) is 0 Å². The summed E-state index contributed by atoms with van der Waals surface area (Å²) in [5, 5.41) is 2.95. The van der Waals surface area contributed by atoms with Crippen LogP contribution in [-0.2, 0) is 32.6 Å². The molecule has 0 aromatic heterocycles. The summed E-state index contributed by atoms with van der Waals surface area (Å²) in [7, 11) is -2.86. The molecule has 4 rings (SSSR count). The number of nitrogens with zero attached hydrogens (tertiary/aromatic N) is 2. The van der Waals surface area contributed by atoms with E-state index in [4.69, 9.17) is 16.3 Å². The van der Waals surface area contributed by atoms with Gasteiger partial charge >= 0.3 is 0 Å². The molecule has 0 spiro atoms. The van der Waals surface area contributed by atoms with E-state index in [1.54, 1.807) is 18.2 Å². The molecule has 0 aliphatic carbocycles. The zero-order valence-corrected chi connectivity index (χ0v) is 25.9. The van der Waals surface area contributed by atoms with Gasteiger partial charge in [-0.25, -0.2) is 12.8 Å². The zero-order valence-electron chi connectivity index (χ0n) is 24.3. The summed E-state index contributed by atoms with van der Waals surface area (Å²) >= 11 is 6.01. The first-order valence-corrected chi connectivity index (χ1v) is 15.8. The average Bonchev–Trinajstić information content (AvgIpc) is 3.03. The fraction of sp³-hybridized carbons (Fsp3) is 0.212. The van der Waals surface area contributed by atoms with E-state index in [9.17, 15) is 22.4 Å². The van der Waals surface area contributed by atoms with Crippen molar-refractivity contribution >= 4 is 39.1 Å². The Hall–Kier alpha value is -4.41. The molecule has 0 heterocycles. The molecule has 0 unspecified atom stereocenters. The van der Waals surface area contributed by atoms with Crippen LogP contribution < -0.4 is 14.4 Å². The van der Waals surface area contributed by atoms with E-state index in [0.29, 0.717) is 17.4 Å². The monoisotopic (exact) mass is 637 g/mol. The molecular weight excluding hydrogens is 605 g/mol. The lowest BCUT2D eigenvalue weighted by Crippen LogP contribution is -2.53. The van der Waals surface area contributed by atoms with E-state index in [1.807, 2.05) is 37.3 Å². The van der Waals surface area contributed by atoms with Crippen molar-refractivity contribution in [3.8, 4) is 5.75 Å². The molecule has 44 heavy (non-hydrogen) atoms. The van der Waals surface area contributed by atoms with Crippen LogP contribution in [0.1, 0.15) is 18.1 Å². The standard InChI is InChI=1S/C33H33ClFN3O5S/c1-3-43-28-17-15-27(16-18-28)38(44(41,42)29-19-13-26(34)14-20-29)23-32(39)37(22-25-11-7-8-12-30(25)35)31(33(40)36-2)21-24-9-5-4-6-10-24/h4-20,31H,3,21-23H2,1-2H3,(H,36,40)/t31-/m0/s1. The highest BCUT2D eigenvalue weighted by atomic mass is 35.5. The number of amides is 2. The van der Waals surface area contributed by atoms with Crippen molar-refractivity contribution < 1.29 is 27.1 Å². The summed E-state index contributed by atoms with van der Waals surface area (Å²) in [5.74, 6) is -1.22. The van der Waals surface area contributed by atoms with E-state index in [-0.39, 0.29) is 29.1 Å². The smallest absolute Gasteiger partial charge is 0.264 e. The number of carbonyl (C=O) groups is 2. The molecule has 0 bridgehead atoms. The van der Waals surface area contributed by atoms with Crippen molar-refractivity contribution in [1.82, 2.24) is 10.2 Å². The molecule has 0 saturated carbocycles. The quantitative estimate of drug-likeness (QED) is 0.210. The number of nitrogens with one attached hydrogen (secondary N) is 1. The second-order valence-corrected chi connectivity index (χ2v) is 12.1. The van der Waals surface area contributed by atoms with E-state index in [0.717, 1.165) is 9.87 Å². The van der Waals surface area contributed by atoms with Gasteiger partial charge in [0.25, 0.3) is 10.0 Å². The molecule has 2 amide bonds. The molecule has 11 heteroatoms. The molecular formula is C33H33ClFN3O5S. The van der Waals surface area contributed by atoms with Crippen molar-refractivity contribution in [3.63, 3.8) is 0 Å². The molecule has 1 N–H and O–H groups in total. The third-order valence-corrected chi connectivity index (χ3v) is 8.97. The molecule has 0 fully saturated rings. The topological polar surface area (TPSA) is 96.0 Å². The molecule has 1 atom stereocenters. The minimum Gasteiger partial charge on any atom is -0.494 e. The normalized spacial score (nSPS) is 11.8. The zero-order chi connectivity index (χ0) is 31.7. The van der Waals surface area contributed by atoms with Crippen molar-refractivity contribution in [3.05, 3.63) is 125 Å². The number of anilines is 1. The minimum atomic E-state index is -4.30. The lowest BCUT2D eigenvalue weighted by molar-refractivity contribution is -0.139. The number of likely N-dealkylation sites (N-methyl/N-ethyl adjacent to an activating group) is 1. The molecule has 0 aliphatic heterocycles. The minimum absolute atomic E-state index is 0.0867. The summed E-state index contributed by atoms with van der Waals surface area (Å²) in [5.41, 5.74) is 1.14. The number of hydrogen-bond donors (Lipinski definition) is 1. The van der Waals surface area contributed by atoms with Crippen LogP contribution in [0.2, 0.25) is 5.02 Å². The SMILES string of the molecule is CCOc1ccc(N(CC(=O)N(Cc2ccccc2F)[C@@H](Cc2ccccc2)C(=O)NC)S(=O)(=O)c2ccc(Cl)cc2)cc1. The van der Waals surface area contributed by atoms with Crippen molar-refractivity contribution in [1.29, 1.82) is 0 Å². The number of hydrogen-bond acceptors (Lipinski definition) is 5. The Balaban J connectivity index is 1.79. The highest BCUT2D eigenvalue weighted by Crippen LogP contribution is 2.28. The van der Waals surface area contributed by atoms with Gasteiger partial charge in [-0.15, -0.1) is 0 Å². The highest BCUT2D eigenvalue weighted by Gasteiger charge is 2.34. The Morgan fingerprint density at radius 1 is 0.909 bits per heavy atom. The van der Waals surface area contributed by atoms with Crippen LogP contribution in [0.5, 0.6) is 5.75 Å². The largest absolute Gasteiger partial charge is 0.494 e. The average molecular weight is 638 g/mol. The molecule has 230 valence electrons. The van der Waals surface area contributed by atoms with Gasteiger partial charge in [-0.3, -0.25) is 13.9 Å². The Labute approximate surface area is 262 Å². The molecule has 8 nitrogen and oxygen atoms in total. The maximum absolute atomic E-state index is 14.9. The first-order valence-electron chi connectivity index (χ1n) is 13.9. The van der Waals surface area contributed by atoms with Gasteiger partial charge < -0.3 is 15.0 Å². The lowest BCUT2D eigenvalue weighted by atomic mass is 10.0. The Morgan fingerprint density at radius 2 is 1.55 bits per heavy atom. The first kappa shape index (κ1) is 32.5. The number of benzene rings is 4. The van der Waals surface area contributed by atoms with Gasteiger partial charge in [0.05, 0.1) is 17.2 Å². The number of halogens is 2. The predicted octanol–water partition coefficient (Wildman–Crippen LogP) is 5.46. The van der Waals surface area contributed by atoms with Crippen LogP contribution in [0.3, 0.4) is 0 Å². The third-order valence-electron chi connectivity index (χ3n) is 6.93. The van der Waals surface area contributed by atoms with E-state index in [2.05, 4.69) is 5.32 Å². The first-order chi connectivity index (χ1) is 21.1. The summed E-state index contributed by atoms with van der Waals surface area (Å²) in [6.45, 7) is 1.30. The van der Waals surface area contributed by atoms with Gasteiger partial charge in [0, 0.05) is 30.6 Å². The van der Waals surface area contributed by atoms with Crippen molar-refractivity contribution in [2.45, 2.75) is 30.8 Å². The Kier molecular flexibility index (Phi) is 11.0. The van der Waals surface area contributed by atoms with E-state index in [1.165, 1.54) is 66.5 Å². The van der Waals surface area contributed by atoms with Crippen molar-refractivity contribution in [2.24, 2.45) is 0 Å². The van der Waals surface area contributed by atoms with E-state index >= 15 is 0 Å². The molecule has 4 aromatic carbocycles. The molecule has 0 radical (unpaired) electrons. The summed E-state index contributed by atoms with van der Waals surface area (Å²) in [4.78, 5) is 28.7. The fourth-order valence-corrected chi connectivity index (χ4v) is 6.21. The van der Waals surface area contributed by atoms with Gasteiger partial charge in [0.15, 0.2) is 0 Å². The number of carbonyl (C=O) groups excluding carboxylic acids is 2. The second-order valence-electron chi connectivity index (χ2n) is 9.83. The van der Waals surface area contributed by atoms with Crippen LogP contribution in [0.25, 0.3) is 0 Å². The van der Waals surface area contributed by atoms with Gasteiger partial charge in [-0.1, -0.05) is 60.1 Å². The fourth-order valence-electron chi connectivity index (χ4n) is 4.67. The summed E-state index contributed by atoms with van der Waals surface area (Å²) < 4.78 is 49.4.